The van der Waals surface area contributed by atoms with E-state index in [1.165, 1.54) is 22.7 Å². The topological polar surface area (TPSA) is 51.2 Å². The van der Waals surface area contributed by atoms with Crippen LogP contribution in [0.2, 0.25) is 0 Å². The smallest absolute Gasteiger partial charge is 0.267 e. The maximum atomic E-state index is 12.0. The van der Waals surface area contributed by atoms with Gasteiger partial charge in [-0.05, 0) is 23.6 Å². The molecular formula is C15H12N2O2S2. The van der Waals surface area contributed by atoms with E-state index in [2.05, 4.69) is 10.3 Å². The third-order valence-electron chi connectivity index (χ3n) is 2.84. The third kappa shape index (κ3) is 3.12. The van der Waals surface area contributed by atoms with Gasteiger partial charge in [-0.3, -0.25) is 10.1 Å². The normalized spacial score (nSPS) is 10.3. The van der Waals surface area contributed by atoms with Gasteiger partial charge in [0.2, 0.25) is 0 Å². The Morgan fingerprint density at radius 1 is 1.24 bits per heavy atom. The molecule has 3 aromatic rings. The molecule has 0 bridgehead atoms. The molecule has 0 saturated carbocycles. The largest absolute Gasteiger partial charge is 0.497 e. The molecule has 6 heteroatoms. The molecule has 2 aromatic heterocycles. The van der Waals surface area contributed by atoms with E-state index in [0.717, 1.165) is 17.0 Å². The van der Waals surface area contributed by atoms with Crippen molar-refractivity contribution in [1.82, 2.24) is 4.98 Å². The van der Waals surface area contributed by atoms with Crippen LogP contribution in [0.3, 0.4) is 0 Å². The number of nitrogens with one attached hydrogen (secondary N) is 1. The van der Waals surface area contributed by atoms with Crippen LogP contribution in [0.15, 0.2) is 47.2 Å². The summed E-state index contributed by atoms with van der Waals surface area (Å²) in [5.41, 5.74) is 1.78. The molecule has 0 aliphatic rings. The van der Waals surface area contributed by atoms with Crippen molar-refractivity contribution < 1.29 is 9.53 Å². The average Bonchev–Trinajstić information content (AvgIpc) is 3.18. The molecule has 1 aromatic carbocycles. The minimum absolute atomic E-state index is 0.128. The Morgan fingerprint density at radius 2 is 2.14 bits per heavy atom. The molecule has 21 heavy (non-hydrogen) atoms. The van der Waals surface area contributed by atoms with Crippen molar-refractivity contribution in [2.45, 2.75) is 0 Å². The van der Waals surface area contributed by atoms with Crippen molar-refractivity contribution in [2.24, 2.45) is 0 Å². The zero-order valence-corrected chi connectivity index (χ0v) is 12.8. The lowest BCUT2D eigenvalue weighted by Crippen LogP contribution is -2.09. The van der Waals surface area contributed by atoms with Gasteiger partial charge < -0.3 is 4.74 Å². The van der Waals surface area contributed by atoms with Crippen LogP contribution in [0.5, 0.6) is 5.75 Å². The van der Waals surface area contributed by atoms with Gasteiger partial charge in [-0.25, -0.2) is 4.98 Å². The second kappa shape index (κ2) is 6.07. The number of anilines is 1. The third-order valence-corrected chi connectivity index (χ3v) is 4.46. The monoisotopic (exact) mass is 316 g/mol. The lowest BCUT2D eigenvalue weighted by atomic mass is 10.2. The maximum Gasteiger partial charge on any atom is 0.267 e. The molecule has 0 aliphatic heterocycles. The summed E-state index contributed by atoms with van der Waals surface area (Å²) in [4.78, 5) is 17.1. The number of rotatable bonds is 4. The Bertz CT molecular complexity index is 751. The van der Waals surface area contributed by atoms with E-state index in [1.807, 2.05) is 41.1 Å². The highest BCUT2D eigenvalue weighted by molar-refractivity contribution is 7.14. The molecule has 3 rings (SSSR count). The average molecular weight is 316 g/mol. The SMILES string of the molecule is COc1cccc(-c2csc(NC(=O)c3cccs3)n2)c1. The fraction of sp³-hybridized carbons (Fsp3) is 0.0667. The highest BCUT2D eigenvalue weighted by Crippen LogP contribution is 2.27. The van der Waals surface area contributed by atoms with Crippen molar-refractivity contribution in [2.75, 3.05) is 12.4 Å². The van der Waals surface area contributed by atoms with Gasteiger partial charge in [0.25, 0.3) is 5.91 Å². The van der Waals surface area contributed by atoms with Crippen LogP contribution in [0.1, 0.15) is 9.67 Å². The second-order valence-corrected chi connectivity index (χ2v) is 6.01. The first kappa shape index (κ1) is 13.8. The van der Waals surface area contributed by atoms with E-state index in [-0.39, 0.29) is 5.91 Å². The zero-order valence-electron chi connectivity index (χ0n) is 11.2. The van der Waals surface area contributed by atoms with Crippen LogP contribution in [-0.2, 0) is 0 Å². The number of amides is 1. The Morgan fingerprint density at radius 3 is 2.90 bits per heavy atom. The van der Waals surface area contributed by atoms with Gasteiger partial charge >= 0.3 is 0 Å². The van der Waals surface area contributed by atoms with Crippen LogP contribution in [0.4, 0.5) is 5.13 Å². The minimum Gasteiger partial charge on any atom is -0.497 e. The molecule has 0 spiro atoms. The molecule has 0 unspecified atom stereocenters. The first-order chi connectivity index (χ1) is 10.3. The molecule has 0 saturated heterocycles. The van der Waals surface area contributed by atoms with Crippen molar-refractivity contribution in [1.29, 1.82) is 0 Å². The summed E-state index contributed by atoms with van der Waals surface area (Å²) in [5, 5.41) is 7.19. The van der Waals surface area contributed by atoms with E-state index in [9.17, 15) is 4.79 Å². The highest BCUT2D eigenvalue weighted by atomic mass is 32.1. The summed E-state index contributed by atoms with van der Waals surface area (Å²) in [6, 6.07) is 11.3. The summed E-state index contributed by atoms with van der Waals surface area (Å²) >= 11 is 2.81. The molecule has 0 fully saturated rings. The van der Waals surface area contributed by atoms with Crippen molar-refractivity contribution >= 4 is 33.7 Å². The molecule has 2 heterocycles. The fourth-order valence-corrected chi connectivity index (χ4v) is 3.15. The number of methoxy groups -OCH3 is 1. The molecule has 0 atom stereocenters. The number of carbonyl (C=O) groups is 1. The lowest BCUT2D eigenvalue weighted by Gasteiger charge is -2.01. The number of carbonyl (C=O) groups excluding carboxylic acids is 1. The van der Waals surface area contributed by atoms with Crippen LogP contribution in [0.25, 0.3) is 11.3 Å². The van der Waals surface area contributed by atoms with E-state index in [4.69, 9.17) is 4.74 Å². The summed E-state index contributed by atoms with van der Waals surface area (Å²) < 4.78 is 5.20. The standard InChI is InChI=1S/C15H12N2O2S2/c1-19-11-5-2-4-10(8-11)12-9-21-15(16-12)17-14(18)13-6-3-7-20-13/h2-9H,1H3,(H,16,17,18). The Labute approximate surface area is 130 Å². The molecule has 4 nitrogen and oxygen atoms in total. The molecule has 106 valence electrons. The summed E-state index contributed by atoms with van der Waals surface area (Å²) in [7, 11) is 1.63. The van der Waals surface area contributed by atoms with Gasteiger partial charge in [0.05, 0.1) is 17.7 Å². The lowest BCUT2D eigenvalue weighted by molar-refractivity contribution is 0.103. The Hall–Kier alpha value is -2.18. The quantitative estimate of drug-likeness (QED) is 0.787. The van der Waals surface area contributed by atoms with Crippen molar-refractivity contribution in [3.05, 3.63) is 52.0 Å². The van der Waals surface area contributed by atoms with E-state index >= 15 is 0 Å². The Balaban J connectivity index is 1.78. The number of thiazole rings is 1. The van der Waals surface area contributed by atoms with Crippen LogP contribution >= 0.6 is 22.7 Å². The van der Waals surface area contributed by atoms with Crippen LogP contribution < -0.4 is 10.1 Å². The van der Waals surface area contributed by atoms with Gasteiger partial charge in [0, 0.05) is 10.9 Å². The first-order valence-electron chi connectivity index (χ1n) is 6.21. The number of hydrogen-bond acceptors (Lipinski definition) is 5. The number of hydrogen-bond donors (Lipinski definition) is 1. The predicted molar refractivity (Wildman–Crippen MR) is 86.4 cm³/mol. The van der Waals surface area contributed by atoms with Gasteiger partial charge in [-0.2, -0.15) is 0 Å². The van der Waals surface area contributed by atoms with Crippen LogP contribution in [0, 0.1) is 0 Å². The number of ether oxygens (including phenoxy) is 1. The van der Waals surface area contributed by atoms with E-state index in [0.29, 0.717) is 10.0 Å². The van der Waals surface area contributed by atoms with Gasteiger partial charge in [-0.15, -0.1) is 22.7 Å². The number of nitrogens with zero attached hydrogens (tertiary/aromatic N) is 1. The second-order valence-electron chi connectivity index (χ2n) is 4.20. The number of thiophene rings is 1. The number of aromatic nitrogens is 1. The van der Waals surface area contributed by atoms with Crippen LogP contribution in [-0.4, -0.2) is 18.0 Å². The minimum atomic E-state index is -0.128. The molecule has 0 radical (unpaired) electrons. The Kier molecular flexibility index (Phi) is 3.98. The van der Waals surface area contributed by atoms with E-state index in [1.54, 1.807) is 13.2 Å². The highest BCUT2D eigenvalue weighted by Gasteiger charge is 2.10. The summed E-state index contributed by atoms with van der Waals surface area (Å²) in [6.07, 6.45) is 0. The van der Waals surface area contributed by atoms with Gasteiger partial charge in [0.1, 0.15) is 5.75 Å². The van der Waals surface area contributed by atoms with Gasteiger partial charge in [0.15, 0.2) is 5.13 Å². The summed E-state index contributed by atoms with van der Waals surface area (Å²) in [5.74, 6) is 0.654. The molecule has 1 amide bonds. The molecular weight excluding hydrogens is 304 g/mol. The number of benzene rings is 1. The van der Waals surface area contributed by atoms with E-state index < -0.39 is 0 Å². The molecule has 0 aliphatic carbocycles. The van der Waals surface area contributed by atoms with Crippen molar-refractivity contribution in [3.63, 3.8) is 0 Å². The fourth-order valence-electron chi connectivity index (χ4n) is 1.81. The van der Waals surface area contributed by atoms with Crippen molar-refractivity contribution in [3.8, 4) is 17.0 Å². The maximum absolute atomic E-state index is 12.0. The summed E-state index contributed by atoms with van der Waals surface area (Å²) in [6.45, 7) is 0. The van der Waals surface area contributed by atoms with Gasteiger partial charge in [-0.1, -0.05) is 18.2 Å². The zero-order chi connectivity index (χ0) is 14.7. The first-order valence-corrected chi connectivity index (χ1v) is 7.97. The molecule has 1 N–H and O–H groups in total. The predicted octanol–water partition coefficient (Wildman–Crippen LogP) is 4.13.